The van der Waals surface area contributed by atoms with Crippen LogP contribution in [0, 0.1) is 0 Å². The van der Waals surface area contributed by atoms with Gasteiger partial charge in [0.15, 0.2) is 0 Å². The van der Waals surface area contributed by atoms with Crippen molar-refractivity contribution in [3.8, 4) is 0 Å². The van der Waals surface area contributed by atoms with Gasteiger partial charge in [-0.05, 0) is 33.0 Å². The highest BCUT2D eigenvalue weighted by molar-refractivity contribution is 5.81. The summed E-state index contributed by atoms with van der Waals surface area (Å²) < 4.78 is 1.87. The average Bonchev–Trinajstić information content (AvgIpc) is 2.64. The summed E-state index contributed by atoms with van der Waals surface area (Å²) in [5.41, 5.74) is 1.35. The second kappa shape index (κ2) is 5.08. The quantitative estimate of drug-likeness (QED) is 0.841. The zero-order valence-electron chi connectivity index (χ0n) is 11.3. The van der Waals surface area contributed by atoms with E-state index in [1.807, 2.05) is 43.9 Å². The maximum Gasteiger partial charge on any atom is 0.0731 e. The van der Waals surface area contributed by atoms with Crippen LogP contribution in [0.15, 0.2) is 24.3 Å². The number of aryl methyl sites for hydroxylation is 1. The summed E-state index contributed by atoms with van der Waals surface area (Å²) in [7, 11) is 3.83. The SMILES string of the molecule is CNCCC(C)(O)Cc1nn(C)c2ccccc12. The number of benzene rings is 1. The topological polar surface area (TPSA) is 50.1 Å². The van der Waals surface area contributed by atoms with Crippen molar-refractivity contribution in [1.82, 2.24) is 15.1 Å². The van der Waals surface area contributed by atoms with E-state index in [9.17, 15) is 5.11 Å². The van der Waals surface area contributed by atoms with Gasteiger partial charge < -0.3 is 10.4 Å². The Kier molecular flexibility index (Phi) is 3.68. The summed E-state index contributed by atoms with van der Waals surface area (Å²) in [5.74, 6) is 0. The molecule has 4 heteroatoms. The lowest BCUT2D eigenvalue weighted by Gasteiger charge is -2.22. The molecular weight excluding hydrogens is 226 g/mol. The van der Waals surface area contributed by atoms with Crippen LogP contribution in [-0.4, -0.2) is 34.1 Å². The molecule has 18 heavy (non-hydrogen) atoms. The minimum atomic E-state index is -0.722. The highest BCUT2D eigenvalue weighted by atomic mass is 16.3. The lowest BCUT2D eigenvalue weighted by Crippen LogP contribution is -2.31. The van der Waals surface area contributed by atoms with Crippen LogP contribution in [0.5, 0.6) is 0 Å². The Labute approximate surface area is 108 Å². The van der Waals surface area contributed by atoms with Crippen LogP contribution in [0.4, 0.5) is 0 Å². The average molecular weight is 247 g/mol. The number of fused-ring (bicyclic) bond motifs is 1. The zero-order valence-corrected chi connectivity index (χ0v) is 11.3. The molecule has 0 radical (unpaired) electrons. The van der Waals surface area contributed by atoms with Crippen LogP contribution in [0.1, 0.15) is 19.0 Å². The number of hydrogen-bond donors (Lipinski definition) is 2. The first kappa shape index (κ1) is 13.1. The van der Waals surface area contributed by atoms with Gasteiger partial charge in [0.25, 0.3) is 0 Å². The summed E-state index contributed by atoms with van der Waals surface area (Å²) in [4.78, 5) is 0. The fraction of sp³-hybridized carbons (Fsp3) is 0.500. The van der Waals surface area contributed by atoms with E-state index in [0.29, 0.717) is 12.8 Å². The van der Waals surface area contributed by atoms with Crippen LogP contribution < -0.4 is 5.32 Å². The second-order valence-electron chi connectivity index (χ2n) is 5.11. The van der Waals surface area contributed by atoms with Crippen molar-refractivity contribution >= 4 is 10.9 Å². The Morgan fingerprint density at radius 2 is 2.11 bits per heavy atom. The van der Waals surface area contributed by atoms with E-state index < -0.39 is 5.60 Å². The van der Waals surface area contributed by atoms with Gasteiger partial charge in [0.1, 0.15) is 0 Å². The molecule has 4 nitrogen and oxygen atoms in total. The number of nitrogens with zero attached hydrogens (tertiary/aromatic N) is 2. The van der Waals surface area contributed by atoms with Crippen LogP contribution >= 0.6 is 0 Å². The highest BCUT2D eigenvalue weighted by Crippen LogP contribution is 2.23. The molecule has 1 aromatic heterocycles. The summed E-state index contributed by atoms with van der Waals surface area (Å²) in [5, 5.41) is 19.1. The van der Waals surface area contributed by atoms with Crippen molar-refractivity contribution < 1.29 is 5.11 Å². The van der Waals surface area contributed by atoms with Crippen molar-refractivity contribution in [2.75, 3.05) is 13.6 Å². The third kappa shape index (κ3) is 2.71. The predicted molar refractivity (Wildman–Crippen MR) is 73.6 cm³/mol. The van der Waals surface area contributed by atoms with Gasteiger partial charge in [0.05, 0.1) is 16.8 Å². The Hall–Kier alpha value is -1.39. The standard InChI is InChI=1S/C14H21N3O/c1-14(18,8-9-15-2)10-12-11-6-4-5-7-13(11)17(3)16-12/h4-7,15,18H,8-10H2,1-3H3. The normalized spacial score (nSPS) is 14.9. The van der Waals surface area contributed by atoms with E-state index in [2.05, 4.69) is 16.5 Å². The van der Waals surface area contributed by atoms with E-state index in [0.717, 1.165) is 23.1 Å². The molecule has 0 aliphatic rings. The Morgan fingerprint density at radius 1 is 1.39 bits per heavy atom. The first-order valence-electron chi connectivity index (χ1n) is 6.31. The zero-order chi connectivity index (χ0) is 13.2. The molecule has 0 saturated heterocycles. The molecule has 0 aliphatic heterocycles. The maximum atomic E-state index is 10.4. The van der Waals surface area contributed by atoms with Crippen molar-refractivity contribution in [2.24, 2.45) is 7.05 Å². The Balaban J connectivity index is 2.26. The van der Waals surface area contributed by atoms with Crippen molar-refractivity contribution in [3.63, 3.8) is 0 Å². The largest absolute Gasteiger partial charge is 0.390 e. The molecule has 98 valence electrons. The van der Waals surface area contributed by atoms with E-state index in [4.69, 9.17) is 0 Å². The minimum absolute atomic E-state index is 0.579. The van der Waals surface area contributed by atoms with Crippen molar-refractivity contribution in [2.45, 2.75) is 25.4 Å². The summed E-state index contributed by atoms with van der Waals surface area (Å²) in [6.45, 7) is 2.67. The Bertz CT molecular complexity index is 531. The molecular formula is C14H21N3O. The minimum Gasteiger partial charge on any atom is -0.390 e. The van der Waals surface area contributed by atoms with Crippen LogP contribution in [0.3, 0.4) is 0 Å². The molecule has 2 rings (SSSR count). The second-order valence-corrected chi connectivity index (χ2v) is 5.11. The molecule has 0 bridgehead atoms. The van der Waals surface area contributed by atoms with Crippen molar-refractivity contribution in [3.05, 3.63) is 30.0 Å². The number of hydrogen-bond acceptors (Lipinski definition) is 3. The molecule has 1 atom stereocenters. The molecule has 0 aliphatic carbocycles. The highest BCUT2D eigenvalue weighted by Gasteiger charge is 2.23. The summed E-state index contributed by atoms with van der Waals surface area (Å²) in [6, 6.07) is 8.13. The van der Waals surface area contributed by atoms with Crippen LogP contribution in [-0.2, 0) is 13.5 Å². The lowest BCUT2D eigenvalue weighted by atomic mass is 9.95. The fourth-order valence-electron chi connectivity index (χ4n) is 2.26. The number of rotatable bonds is 5. The van der Waals surface area contributed by atoms with E-state index >= 15 is 0 Å². The molecule has 0 amide bonds. The van der Waals surface area contributed by atoms with Crippen LogP contribution in [0.2, 0.25) is 0 Å². The van der Waals surface area contributed by atoms with Gasteiger partial charge in [-0.25, -0.2) is 0 Å². The van der Waals surface area contributed by atoms with E-state index in [-0.39, 0.29) is 0 Å². The predicted octanol–water partition coefficient (Wildman–Crippen LogP) is 1.48. The molecule has 2 aromatic rings. The van der Waals surface area contributed by atoms with E-state index in [1.54, 1.807) is 0 Å². The number of aromatic nitrogens is 2. The molecule has 1 unspecified atom stereocenters. The van der Waals surface area contributed by atoms with Gasteiger partial charge in [0.2, 0.25) is 0 Å². The van der Waals surface area contributed by atoms with Gasteiger partial charge >= 0.3 is 0 Å². The number of para-hydroxylation sites is 1. The summed E-state index contributed by atoms with van der Waals surface area (Å²) in [6.07, 6.45) is 1.30. The molecule has 0 saturated carbocycles. The van der Waals surface area contributed by atoms with Gasteiger partial charge in [-0.1, -0.05) is 18.2 Å². The van der Waals surface area contributed by atoms with E-state index in [1.165, 1.54) is 0 Å². The third-order valence-electron chi connectivity index (χ3n) is 3.30. The lowest BCUT2D eigenvalue weighted by molar-refractivity contribution is 0.0512. The molecule has 2 N–H and O–H groups in total. The Morgan fingerprint density at radius 3 is 2.83 bits per heavy atom. The first-order chi connectivity index (χ1) is 8.53. The van der Waals surface area contributed by atoms with Gasteiger partial charge in [0, 0.05) is 18.9 Å². The maximum absolute atomic E-state index is 10.4. The fourth-order valence-corrected chi connectivity index (χ4v) is 2.26. The van der Waals surface area contributed by atoms with Crippen LogP contribution in [0.25, 0.3) is 10.9 Å². The van der Waals surface area contributed by atoms with Gasteiger partial charge in [-0.3, -0.25) is 4.68 Å². The molecule has 1 heterocycles. The monoisotopic (exact) mass is 247 g/mol. The van der Waals surface area contributed by atoms with Crippen molar-refractivity contribution in [1.29, 1.82) is 0 Å². The third-order valence-corrected chi connectivity index (χ3v) is 3.30. The first-order valence-corrected chi connectivity index (χ1v) is 6.31. The smallest absolute Gasteiger partial charge is 0.0731 e. The number of nitrogens with one attached hydrogen (secondary N) is 1. The number of aliphatic hydroxyl groups is 1. The summed E-state index contributed by atoms with van der Waals surface area (Å²) >= 11 is 0. The van der Waals surface area contributed by atoms with Gasteiger partial charge in [-0.15, -0.1) is 0 Å². The molecule has 0 spiro atoms. The molecule has 0 fully saturated rings. The molecule has 1 aromatic carbocycles. The van der Waals surface area contributed by atoms with Gasteiger partial charge in [-0.2, -0.15) is 5.10 Å².